The van der Waals surface area contributed by atoms with E-state index >= 15 is 0 Å². The van der Waals surface area contributed by atoms with Crippen molar-refractivity contribution in [1.29, 1.82) is 0 Å². The van der Waals surface area contributed by atoms with Gasteiger partial charge in [-0.05, 0) is 55.6 Å². The molecule has 3 heteroatoms. The predicted molar refractivity (Wildman–Crippen MR) is 88.6 cm³/mol. The third kappa shape index (κ3) is 1.77. The summed E-state index contributed by atoms with van der Waals surface area (Å²) in [5, 5.41) is 11.8. The van der Waals surface area contributed by atoms with Gasteiger partial charge in [-0.3, -0.25) is 4.79 Å². The lowest BCUT2D eigenvalue weighted by Gasteiger charge is -2.60. The van der Waals surface area contributed by atoms with Crippen LogP contribution < -0.4 is 0 Å². The van der Waals surface area contributed by atoms with Crippen LogP contribution in [0.5, 0.6) is 0 Å². The fraction of sp³-hybridized carbons (Fsp3) is 0.750. The Morgan fingerprint density at radius 1 is 1.17 bits per heavy atom. The van der Waals surface area contributed by atoms with E-state index in [1.54, 1.807) is 7.11 Å². The van der Waals surface area contributed by atoms with E-state index in [-0.39, 0.29) is 16.7 Å². The Kier molecular flexibility index (Phi) is 3.17. The Morgan fingerprint density at radius 3 is 2.70 bits per heavy atom. The van der Waals surface area contributed by atoms with Gasteiger partial charge in [0.05, 0.1) is 18.5 Å². The van der Waals surface area contributed by atoms with Crippen molar-refractivity contribution in [3.05, 3.63) is 23.5 Å². The predicted octanol–water partition coefficient (Wildman–Crippen LogP) is 3.77. The zero-order valence-electron chi connectivity index (χ0n) is 14.5. The van der Waals surface area contributed by atoms with Gasteiger partial charge in [-0.1, -0.05) is 19.9 Å². The van der Waals surface area contributed by atoms with E-state index in [2.05, 4.69) is 26.0 Å². The first-order valence-electron chi connectivity index (χ1n) is 9.06. The summed E-state index contributed by atoms with van der Waals surface area (Å²) in [6.45, 7) is 4.38. The first-order chi connectivity index (χ1) is 10.8. The van der Waals surface area contributed by atoms with Crippen LogP contribution in [0.4, 0.5) is 0 Å². The number of methoxy groups -OCH3 is 1. The van der Waals surface area contributed by atoms with Gasteiger partial charge in [-0.2, -0.15) is 0 Å². The van der Waals surface area contributed by atoms with Crippen molar-refractivity contribution < 1.29 is 14.6 Å². The molecule has 4 aliphatic carbocycles. The molecule has 2 fully saturated rings. The van der Waals surface area contributed by atoms with Gasteiger partial charge in [-0.25, -0.2) is 0 Å². The minimum Gasteiger partial charge on any atom is -0.501 e. The number of Topliss-reactive ketones (excluding diaryl/α,β-unsaturated/α-hetero) is 1. The van der Waals surface area contributed by atoms with Gasteiger partial charge in [0.2, 0.25) is 0 Å². The van der Waals surface area contributed by atoms with E-state index < -0.39 is 5.60 Å². The molecule has 3 nitrogen and oxygen atoms in total. The maximum atomic E-state index is 12.4. The summed E-state index contributed by atoms with van der Waals surface area (Å²) in [6.07, 6.45) is 10.4. The van der Waals surface area contributed by atoms with Crippen molar-refractivity contribution in [2.24, 2.45) is 22.7 Å². The van der Waals surface area contributed by atoms with Gasteiger partial charge in [0.1, 0.15) is 5.78 Å². The zero-order chi connectivity index (χ0) is 16.5. The number of carbonyl (C=O) groups is 1. The van der Waals surface area contributed by atoms with E-state index in [9.17, 15) is 9.90 Å². The highest BCUT2D eigenvalue weighted by atomic mass is 16.5. The topological polar surface area (TPSA) is 46.5 Å². The fourth-order valence-corrected chi connectivity index (χ4v) is 6.17. The second-order valence-electron chi connectivity index (χ2n) is 8.56. The third-order valence-corrected chi connectivity index (χ3v) is 7.90. The average molecular weight is 316 g/mol. The normalized spacial score (nSPS) is 48.8. The van der Waals surface area contributed by atoms with Gasteiger partial charge in [0.15, 0.2) is 0 Å². The van der Waals surface area contributed by atoms with E-state index in [1.807, 2.05) is 0 Å². The molecule has 0 aliphatic heterocycles. The second-order valence-corrected chi connectivity index (χ2v) is 8.56. The Labute approximate surface area is 138 Å². The molecule has 4 rings (SSSR count). The molecule has 0 aromatic heterocycles. The number of ketones is 1. The molecule has 4 unspecified atom stereocenters. The van der Waals surface area contributed by atoms with Crippen molar-refractivity contribution in [3.8, 4) is 0 Å². The van der Waals surface area contributed by atoms with Crippen LogP contribution in [0.25, 0.3) is 0 Å². The molecule has 2 saturated carbocycles. The minimum absolute atomic E-state index is 0.194. The fourth-order valence-electron chi connectivity index (χ4n) is 6.17. The van der Waals surface area contributed by atoms with Crippen LogP contribution in [-0.2, 0) is 9.53 Å². The van der Waals surface area contributed by atoms with Crippen LogP contribution in [0, 0.1) is 22.7 Å². The van der Waals surface area contributed by atoms with Crippen LogP contribution >= 0.6 is 0 Å². The van der Waals surface area contributed by atoms with Gasteiger partial charge in [0.25, 0.3) is 0 Å². The van der Waals surface area contributed by atoms with E-state index in [1.165, 1.54) is 5.57 Å². The molecule has 0 heterocycles. The standard InChI is InChI=1S/C20H28O3/c1-18-10-11-20(22)16(15(18)6-7-17(18)21)5-4-13-12-14(23-3)8-9-19(13,20)2/h4,12,15-16,22H,5-11H2,1-3H3/t15?,16?,18?,19?,20-/m1/s1. The zero-order valence-corrected chi connectivity index (χ0v) is 14.5. The summed E-state index contributed by atoms with van der Waals surface area (Å²) >= 11 is 0. The van der Waals surface area contributed by atoms with Crippen molar-refractivity contribution in [2.75, 3.05) is 7.11 Å². The van der Waals surface area contributed by atoms with Gasteiger partial charge < -0.3 is 9.84 Å². The summed E-state index contributed by atoms with van der Waals surface area (Å²) in [6, 6.07) is 0. The van der Waals surface area contributed by atoms with Gasteiger partial charge in [-0.15, -0.1) is 0 Å². The molecule has 1 N–H and O–H groups in total. The van der Waals surface area contributed by atoms with E-state index in [0.717, 1.165) is 44.3 Å². The van der Waals surface area contributed by atoms with E-state index in [4.69, 9.17) is 4.74 Å². The summed E-state index contributed by atoms with van der Waals surface area (Å²) in [7, 11) is 1.73. The third-order valence-electron chi connectivity index (χ3n) is 7.90. The number of fused-ring (bicyclic) bond motifs is 5. The van der Waals surface area contributed by atoms with Crippen molar-refractivity contribution >= 4 is 5.78 Å². The molecule has 0 bridgehead atoms. The SMILES string of the molecule is COC1=CC2=CCC3C4CCC(=O)C4(C)CC[C@]3(O)C2(C)CC1. The molecule has 126 valence electrons. The molecule has 23 heavy (non-hydrogen) atoms. The monoisotopic (exact) mass is 316 g/mol. The smallest absolute Gasteiger partial charge is 0.139 e. The number of carbonyl (C=O) groups excluding carboxylic acids is 1. The Bertz CT molecular complexity index is 618. The number of ether oxygens (including phenoxy) is 1. The highest BCUT2D eigenvalue weighted by Gasteiger charge is 2.65. The summed E-state index contributed by atoms with van der Waals surface area (Å²) in [4.78, 5) is 12.4. The van der Waals surface area contributed by atoms with Gasteiger partial charge >= 0.3 is 0 Å². The van der Waals surface area contributed by atoms with Crippen LogP contribution in [0.15, 0.2) is 23.5 Å². The lowest BCUT2D eigenvalue weighted by Crippen LogP contribution is -2.62. The highest BCUT2D eigenvalue weighted by Crippen LogP contribution is 2.65. The average Bonchev–Trinajstić information content (AvgIpc) is 2.83. The minimum atomic E-state index is -0.679. The first-order valence-corrected chi connectivity index (χ1v) is 9.06. The van der Waals surface area contributed by atoms with Crippen LogP contribution in [0.1, 0.15) is 58.8 Å². The maximum Gasteiger partial charge on any atom is 0.139 e. The molecule has 0 radical (unpaired) electrons. The summed E-state index contributed by atoms with van der Waals surface area (Å²) in [5.74, 6) is 2.01. The summed E-state index contributed by atoms with van der Waals surface area (Å²) in [5.41, 5.74) is 0.167. The highest BCUT2D eigenvalue weighted by molar-refractivity contribution is 5.87. The Balaban J connectivity index is 1.77. The molecule has 0 amide bonds. The Hall–Kier alpha value is -1.09. The second kappa shape index (κ2) is 4.72. The number of rotatable bonds is 1. The van der Waals surface area contributed by atoms with Crippen molar-refractivity contribution in [2.45, 2.75) is 64.4 Å². The van der Waals surface area contributed by atoms with Crippen LogP contribution in [0.3, 0.4) is 0 Å². The quantitative estimate of drug-likeness (QED) is 0.801. The molecule has 0 aromatic rings. The Morgan fingerprint density at radius 2 is 1.96 bits per heavy atom. The van der Waals surface area contributed by atoms with Gasteiger partial charge in [0, 0.05) is 23.7 Å². The van der Waals surface area contributed by atoms with Crippen LogP contribution in [0.2, 0.25) is 0 Å². The molecule has 0 saturated heterocycles. The molecule has 4 aliphatic rings. The molecule has 0 aromatic carbocycles. The maximum absolute atomic E-state index is 12.4. The first kappa shape index (κ1) is 15.4. The number of hydrogen-bond acceptors (Lipinski definition) is 3. The molecule has 0 spiro atoms. The largest absolute Gasteiger partial charge is 0.501 e. The van der Waals surface area contributed by atoms with Crippen molar-refractivity contribution in [1.82, 2.24) is 0 Å². The molecular weight excluding hydrogens is 288 g/mol. The van der Waals surface area contributed by atoms with Crippen molar-refractivity contribution in [3.63, 3.8) is 0 Å². The lowest BCUT2D eigenvalue weighted by atomic mass is 9.46. The number of allylic oxidation sites excluding steroid dienone is 3. The van der Waals surface area contributed by atoms with E-state index in [0.29, 0.717) is 18.1 Å². The molecule has 5 atom stereocenters. The molecular formula is C20H28O3. The van der Waals surface area contributed by atoms with Crippen LogP contribution in [-0.4, -0.2) is 23.6 Å². The summed E-state index contributed by atoms with van der Waals surface area (Å²) < 4.78 is 5.45. The number of aliphatic hydroxyl groups is 1. The number of hydrogen-bond donors (Lipinski definition) is 1. The lowest BCUT2D eigenvalue weighted by molar-refractivity contribution is -0.178.